The van der Waals surface area contributed by atoms with Gasteiger partial charge in [-0.3, -0.25) is 0 Å². The fraction of sp³-hybridized carbons (Fsp3) is 0. The van der Waals surface area contributed by atoms with Crippen LogP contribution in [-0.2, 0) is 0 Å². The zero-order valence-electron chi connectivity index (χ0n) is 35.4. The number of benzene rings is 7. The molecule has 2 aromatic heterocycles. The fourth-order valence-electron chi connectivity index (χ4n) is 5.52. The van der Waals surface area contributed by atoms with Crippen LogP contribution in [0.15, 0.2) is 142 Å². The Kier molecular flexibility index (Phi) is 2.39. The largest absolute Gasteiger partial charge is 0.452 e. The Morgan fingerprint density at radius 1 is 0.450 bits per heavy atom. The van der Waals surface area contributed by atoms with Gasteiger partial charge < -0.3 is 8.83 Å². The highest BCUT2D eigenvalue weighted by molar-refractivity contribution is 6.24. The molecule has 2 nitrogen and oxygen atoms in total. The van der Waals surface area contributed by atoms with Gasteiger partial charge in [-0.2, -0.15) is 0 Å². The van der Waals surface area contributed by atoms with Crippen LogP contribution >= 0.6 is 0 Å². The number of para-hydroxylation sites is 1. The Morgan fingerprint density at radius 2 is 1.10 bits per heavy atom. The van der Waals surface area contributed by atoms with Crippen LogP contribution in [0.25, 0.3) is 87.7 Å². The maximum Gasteiger partial charge on any atom is 0.178 e. The number of hydrogen-bond donors (Lipinski definition) is 0. The first-order valence-electron chi connectivity index (χ1n) is 19.9. The van der Waals surface area contributed by atoms with Gasteiger partial charge in [-0.1, -0.05) is 115 Å². The number of hydrogen-bond acceptors (Lipinski definition) is 2. The molecule has 186 valence electrons. The maximum atomic E-state index is 9.27. The Labute approximate surface area is 250 Å². The highest BCUT2D eigenvalue weighted by atomic mass is 16.4. The standard InChI is InChI=1S/C38H22O2/c1-2-12-25-23(10-1)11-9-18-27(25)35-28-14-3-5-16-30(28)36(31-17-6-4-15-29(31)35)34-22-24-20-21-32-26-13-7-8-19-33(26)39-38(32)37(24)40-34/h1-22H/i1D,2D,3D,4D,5D,6D,9D,10D,11D,12D,14D,15D,16D,17D,18D. The van der Waals surface area contributed by atoms with Crippen molar-refractivity contribution in [2.24, 2.45) is 0 Å². The molecule has 0 atom stereocenters. The van der Waals surface area contributed by atoms with Crippen LogP contribution in [0.3, 0.4) is 0 Å². The average Bonchev–Trinajstić information content (AvgIpc) is 3.79. The summed E-state index contributed by atoms with van der Waals surface area (Å²) in [6.07, 6.45) is 0. The lowest BCUT2D eigenvalue weighted by Gasteiger charge is -2.17. The summed E-state index contributed by atoms with van der Waals surface area (Å²) in [5.74, 6) is -0.0415. The molecule has 0 unspecified atom stereocenters. The van der Waals surface area contributed by atoms with Gasteiger partial charge in [-0.05, 0) is 61.6 Å². The molecule has 0 aliphatic heterocycles. The van der Waals surface area contributed by atoms with Gasteiger partial charge in [0.25, 0.3) is 0 Å². The molecule has 0 N–H and O–H groups in total. The molecular formula is C38H22O2. The van der Waals surface area contributed by atoms with E-state index in [1.165, 1.54) is 0 Å². The van der Waals surface area contributed by atoms with Crippen molar-refractivity contribution in [3.05, 3.63) is 133 Å². The first kappa shape index (κ1) is 11.8. The predicted octanol–water partition coefficient (Wildman–Crippen LogP) is 11.1. The van der Waals surface area contributed by atoms with Crippen LogP contribution in [0.2, 0.25) is 0 Å². The van der Waals surface area contributed by atoms with Gasteiger partial charge in [-0.25, -0.2) is 0 Å². The second-order valence-electron chi connectivity index (χ2n) is 9.32. The molecule has 9 rings (SSSR count). The van der Waals surface area contributed by atoms with Gasteiger partial charge in [0.15, 0.2) is 11.2 Å². The zero-order valence-corrected chi connectivity index (χ0v) is 20.4. The van der Waals surface area contributed by atoms with E-state index in [0.29, 0.717) is 16.6 Å². The van der Waals surface area contributed by atoms with Crippen LogP contribution in [0.4, 0.5) is 0 Å². The van der Waals surface area contributed by atoms with E-state index in [4.69, 9.17) is 22.5 Å². The van der Waals surface area contributed by atoms with E-state index in [0.717, 1.165) is 10.8 Å². The predicted molar refractivity (Wildman–Crippen MR) is 167 cm³/mol. The van der Waals surface area contributed by atoms with Gasteiger partial charge in [0.05, 0.1) is 20.6 Å². The molecule has 0 radical (unpaired) electrons. The van der Waals surface area contributed by atoms with E-state index in [1.807, 2.05) is 24.3 Å². The number of rotatable bonds is 2. The summed E-state index contributed by atoms with van der Waals surface area (Å²) in [4.78, 5) is 0. The summed E-state index contributed by atoms with van der Waals surface area (Å²) in [6, 6.07) is 1.92. The highest BCUT2D eigenvalue weighted by Crippen LogP contribution is 2.47. The molecule has 0 spiro atoms. The Morgan fingerprint density at radius 3 is 1.88 bits per heavy atom. The molecule has 7 aromatic carbocycles. The molecule has 0 bridgehead atoms. The van der Waals surface area contributed by atoms with Crippen LogP contribution in [0, 0.1) is 0 Å². The summed E-state index contributed by atoms with van der Waals surface area (Å²) in [6.45, 7) is 0. The van der Waals surface area contributed by atoms with E-state index in [1.54, 1.807) is 18.2 Å². The van der Waals surface area contributed by atoms with E-state index >= 15 is 0 Å². The van der Waals surface area contributed by atoms with Gasteiger partial charge in [0, 0.05) is 21.7 Å². The fourth-order valence-corrected chi connectivity index (χ4v) is 5.52. The first-order valence-corrected chi connectivity index (χ1v) is 12.4. The van der Waals surface area contributed by atoms with Crippen molar-refractivity contribution >= 4 is 65.2 Å². The summed E-state index contributed by atoms with van der Waals surface area (Å²) >= 11 is 0. The molecule has 9 aromatic rings. The number of furan rings is 2. The maximum absolute atomic E-state index is 9.27. The normalized spacial score (nSPS) is 17.2. The zero-order chi connectivity index (χ0) is 39.3. The van der Waals surface area contributed by atoms with E-state index in [-0.39, 0.29) is 38.5 Å². The minimum atomic E-state index is -0.772. The van der Waals surface area contributed by atoms with Crippen molar-refractivity contribution in [1.82, 2.24) is 0 Å². The van der Waals surface area contributed by atoms with Gasteiger partial charge in [0.1, 0.15) is 11.3 Å². The first-order chi connectivity index (χ1) is 26.1. The van der Waals surface area contributed by atoms with Crippen molar-refractivity contribution in [3.8, 4) is 22.5 Å². The molecule has 0 aliphatic rings. The van der Waals surface area contributed by atoms with Crippen LogP contribution in [0.5, 0.6) is 0 Å². The van der Waals surface area contributed by atoms with Crippen molar-refractivity contribution < 1.29 is 29.4 Å². The van der Waals surface area contributed by atoms with Crippen LogP contribution in [-0.4, -0.2) is 0 Å². The summed E-state index contributed by atoms with van der Waals surface area (Å²) < 4.78 is 146. The summed E-state index contributed by atoms with van der Waals surface area (Å²) in [5.41, 5.74) is 0.225. The Bertz CT molecular complexity index is 3180. The van der Waals surface area contributed by atoms with Gasteiger partial charge in [-0.15, -0.1) is 0 Å². The third kappa shape index (κ3) is 2.93. The third-order valence-corrected chi connectivity index (χ3v) is 7.21. The van der Waals surface area contributed by atoms with Crippen LogP contribution < -0.4 is 0 Å². The van der Waals surface area contributed by atoms with E-state index in [9.17, 15) is 6.85 Å². The van der Waals surface area contributed by atoms with E-state index < -0.39 is 113 Å². The summed E-state index contributed by atoms with van der Waals surface area (Å²) in [5, 5.41) is -0.0784. The van der Waals surface area contributed by atoms with Crippen molar-refractivity contribution in [2.75, 3.05) is 0 Å². The molecule has 0 amide bonds. The molecule has 0 saturated carbocycles. The van der Waals surface area contributed by atoms with Crippen molar-refractivity contribution in [3.63, 3.8) is 0 Å². The smallest absolute Gasteiger partial charge is 0.178 e. The molecule has 0 saturated heterocycles. The van der Waals surface area contributed by atoms with Crippen molar-refractivity contribution in [2.45, 2.75) is 0 Å². The lowest BCUT2D eigenvalue weighted by molar-refractivity contribution is 0.612. The second-order valence-corrected chi connectivity index (χ2v) is 9.32. The Hall–Kier alpha value is -5.34. The quantitative estimate of drug-likeness (QED) is 0.210. The third-order valence-electron chi connectivity index (χ3n) is 7.21. The summed E-state index contributed by atoms with van der Waals surface area (Å²) in [7, 11) is 0. The average molecular weight is 526 g/mol. The number of fused-ring (bicyclic) bond motifs is 8. The molecular weight excluding hydrogens is 488 g/mol. The minimum absolute atomic E-state index is 0.0415. The molecule has 0 aliphatic carbocycles. The monoisotopic (exact) mass is 525 g/mol. The van der Waals surface area contributed by atoms with E-state index in [2.05, 4.69) is 0 Å². The minimum Gasteiger partial charge on any atom is -0.452 e. The second kappa shape index (κ2) is 8.08. The molecule has 2 heterocycles. The molecule has 0 fully saturated rings. The molecule has 2 heteroatoms. The van der Waals surface area contributed by atoms with Crippen molar-refractivity contribution in [1.29, 1.82) is 0 Å². The highest BCUT2D eigenvalue weighted by Gasteiger charge is 2.21. The molecule has 40 heavy (non-hydrogen) atoms. The van der Waals surface area contributed by atoms with Gasteiger partial charge in [0.2, 0.25) is 0 Å². The SMILES string of the molecule is [2H]c1c([2H])c([2H])c2c(-c3c4c([2H])c([2H])c([2H])c([2H])c4c(-c4cc5ccc6c7ccccc7oc6c5o4)c4c([2H])c([2H])c([2H])c([2H])c34)c([2H])c([2H])c([2H])c2c1[2H]. The lowest BCUT2D eigenvalue weighted by Crippen LogP contribution is -1.90. The van der Waals surface area contributed by atoms with Crippen LogP contribution in [0.1, 0.15) is 20.6 Å². The lowest BCUT2D eigenvalue weighted by atomic mass is 9.86. The van der Waals surface area contributed by atoms with Gasteiger partial charge >= 0.3 is 0 Å². The topological polar surface area (TPSA) is 26.3 Å². The Balaban J connectivity index is 1.60.